The maximum atomic E-state index is 12.3. The highest BCUT2D eigenvalue weighted by atomic mass is 32.2. The van der Waals surface area contributed by atoms with Crippen LogP contribution in [0.3, 0.4) is 0 Å². The molecule has 0 bridgehead atoms. The highest BCUT2D eigenvalue weighted by Gasteiger charge is 2.26. The number of cyclic esters (lactones) is 1. The Balaban J connectivity index is 1.67. The molecule has 9 heteroatoms. The lowest BCUT2D eigenvalue weighted by molar-refractivity contribution is -0.117. The Morgan fingerprint density at radius 2 is 2.09 bits per heavy atom. The van der Waals surface area contributed by atoms with Crippen molar-refractivity contribution >= 4 is 27.7 Å². The quantitative estimate of drug-likeness (QED) is 0.810. The fraction of sp³-hybridized carbons (Fsp3) is 0.429. The third-order valence-corrected chi connectivity index (χ3v) is 5.42. The molecule has 23 heavy (non-hydrogen) atoms. The molecule has 0 spiro atoms. The largest absolute Gasteiger partial charge is 0.448 e. The van der Waals surface area contributed by atoms with Gasteiger partial charge < -0.3 is 14.5 Å². The first-order valence-corrected chi connectivity index (χ1v) is 8.67. The molecule has 0 aromatic heterocycles. The van der Waals surface area contributed by atoms with Gasteiger partial charge in [-0.15, -0.1) is 0 Å². The molecule has 2 aliphatic heterocycles. The lowest BCUT2D eigenvalue weighted by atomic mass is 10.2. The number of ether oxygens (including phenoxy) is 1. The summed E-state index contributed by atoms with van der Waals surface area (Å²) < 4.78 is 31.8. The van der Waals surface area contributed by atoms with E-state index in [9.17, 15) is 18.0 Å². The van der Waals surface area contributed by atoms with E-state index < -0.39 is 16.1 Å². The minimum Gasteiger partial charge on any atom is -0.448 e. The van der Waals surface area contributed by atoms with Crippen LogP contribution in [-0.4, -0.2) is 58.6 Å². The number of carbonyl (C=O) groups is 2. The minimum absolute atomic E-state index is 0.0601. The maximum absolute atomic E-state index is 12.3. The standard InChI is InChI=1S/C14H17N3O5S/c1-16-12-3-2-11(8-10(12)9-13(16)18)23(20,21)15-4-5-17-6-7-22-14(17)19/h2-3,8,15H,4-7,9H2,1H3. The van der Waals surface area contributed by atoms with Crippen molar-refractivity contribution in [1.82, 2.24) is 9.62 Å². The molecule has 1 N–H and O–H groups in total. The van der Waals surface area contributed by atoms with Crippen molar-refractivity contribution < 1.29 is 22.7 Å². The molecule has 1 saturated heterocycles. The Labute approximate surface area is 134 Å². The van der Waals surface area contributed by atoms with E-state index in [1.165, 1.54) is 21.9 Å². The summed E-state index contributed by atoms with van der Waals surface area (Å²) in [5.41, 5.74) is 1.43. The molecule has 1 aromatic carbocycles. The zero-order chi connectivity index (χ0) is 16.6. The number of nitrogens with zero attached hydrogens (tertiary/aromatic N) is 2. The predicted molar refractivity (Wildman–Crippen MR) is 81.7 cm³/mol. The molecular weight excluding hydrogens is 322 g/mol. The van der Waals surface area contributed by atoms with Gasteiger partial charge in [-0.05, 0) is 23.8 Å². The van der Waals surface area contributed by atoms with E-state index in [1.54, 1.807) is 13.1 Å². The number of benzene rings is 1. The van der Waals surface area contributed by atoms with Crippen LogP contribution < -0.4 is 9.62 Å². The summed E-state index contributed by atoms with van der Waals surface area (Å²) >= 11 is 0. The van der Waals surface area contributed by atoms with Crippen LogP contribution in [0, 0.1) is 0 Å². The molecule has 2 heterocycles. The van der Waals surface area contributed by atoms with E-state index in [1.807, 2.05) is 0 Å². The predicted octanol–water partition coefficient (Wildman–Crippen LogP) is -0.0640. The van der Waals surface area contributed by atoms with E-state index in [2.05, 4.69) is 4.72 Å². The smallest absolute Gasteiger partial charge is 0.409 e. The van der Waals surface area contributed by atoms with E-state index in [-0.39, 0.29) is 30.3 Å². The molecule has 8 nitrogen and oxygen atoms in total. The molecule has 0 atom stereocenters. The van der Waals surface area contributed by atoms with Crippen molar-refractivity contribution in [3.05, 3.63) is 23.8 Å². The molecular formula is C14H17N3O5S. The first kappa shape index (κ1) is 15.8. The van der Waals surface area contributed by atoms with Gasteiger partial charge in [-0.3, -0.25) is 4.79 Å². The number of carbonyl (C=O) groups excluding carboxylic acids is 2. The van der Waals surface area contributed by atoms with Crippen LogP contribution in [0.5, 0.6) is 0 Å². The normalized spacial score (nSPS) is 17.6. The Hall–Kier alpha value is -2.13. The van der Waals surface area contributed by atoms with Crippen molar-refractivity contribution in [3.8, 4) is 0 Å². The van der Waals surface area contributed by atoms with Crippen LogP contribution in [-0.2, 0) is 26.0 Å². The van der Waals surface area contributed by atoms with Crippen molar-refractivity contribution in [2.45, 2.75) is 11.3 Å². The molecule has 1 aromatic rings. The third-order valence-electron chi connectivity index (χ3n) is 3.96. The lowest BCUT2D eigenvalue weighted by Gasteiger charge is -2.14. The number of likely N-dealkylation sites (N-methyl/N-ethyl adjacent to an activating group) is 1. The van der Waals surface area contributed by atoms with Gasteiger partial charge in [0.1, 0.15) is 6.61 Å². The van der Waals surface area contributed by atoms with Gasteiger partial charge in [0.05, 0.1) is 17.9 Å². The topological polar surface area (TPSA) is 96.0 Å². The van der Waals surface area contributed by atoms with Crippen molar-refractivity contribution in [3.63, 3.8) is 0 Å². The second-order valence-corrected chi connectivity index (χ2v) is 7.19. The van der Waals surface area contributed by atoms with Gasteiger partial charge in [0.15, 0.2) is 0 Å². The number of nitrogens with one attached hydrogen (secondary N) is 1. The number of anilines is 1. The molecule has 2 aliphatic rings. The number of hydrogen-bond acceptors (Lipinski definition) is 5. The molecule has 0 aliphatic carbocycles. The summed E-state index contributed by atoms with van der Waals surface area (Å²) in [4.78, 5) is 26.0. The summed E-state index contributed by atoms with van der Waals surface area (Å²) in [6.07, 6.45) is -0.224. The summed E-state index contributed by atoms with van der Waals surface area (Å²) in [7, 11) is -2.02. The van der Waals surface area contributed by atoms with Gasteiger partial charge in [0, 0.05) is 25.8 Å². The van der Waals surface area contributed by atoms with Gasteiger partial charge in [0.2, 0.25) is 15.9 Å². The zero-order valence-electron chi connectivity index (χ0n) is 12.6. The molecule has 0 unspecified atom stereocenters. The van der Waals surface area contributed by atoms with E-state index >= 15 is 0 Å². The lowest BCUT2D eigenvalue weighted by Crippen LogP contribution is -2.35. The fourth-order valence-corrected chi connectivity index (χ4v) is 3.71. The Bertz CT molecular complexity index is 762. The number of rotatable bonds is 5. The fourth-order valence-electron chi connectivity index (χ4n) is 2.64. The van der Waals surface area contributed by atoms with Gasteiger partial charge in [0.25, 0.3) is 0 Å². The molecule has 1 fully saturated rings. The second-order valence-electron chi connectivity index (χ2n) is 5.42. The van der Waals surface area contributed by atoms with Crippen LogP contribution in [0.2, 0.25) is 0 Å². The summed E-state index contributed by atoms with van der Waals surface area (Å²) in [6.45, 7) is 1.16. The Morgan fingerprint density at radius 3 is 2.78 bits per heavy atom. The van der Waals surface area contributed by atoms with Crippen LogP contribution in [0.4, 0.5) is 10.5 Å². The number of sulfonamides is 1. The second kappa shape index (κ2) is 5.82. The Morgan fingerprint density at radius 1 is 1.30 bits per heavy atom. The first-order chi connectivity index (χ1) is 10.9. The van der Waals surface area contributed by atoms with E-state index in [4.69, 9.17) is 4.74 Å². The van der Waals surface area contributed by atoms with Crippen LogP contribution in [0.15, 0.2) is 23.1 Å². The van der Waals surface area contributed by atoms with Gasteiger partial charge in [-0.25, -0.2) is 17.9 Å². The summed E-state index contributed by atoms with van der Waals surface area (Å²) in [5.74, 6) is -0.0601. The highest BCUT2D eigenvalue weighted by Crippen LogP contribution is 2.29. The zero-order valence-corrected chi connectivity index (χ0v) is 13.4. The molecule has 0 saturated carbocycles. The van der Waals surface area contributed by atoms with Gasteiger partial charge in [-0.2, -0.15) is 0 Å². The molecule has 124 valence electrons. The maximum Gasteiger partial charge on any atom is 0.409 e. The SMILES string of the molecule is CN1C(=O)Cc2cc(S(=O)(=O)NCCN3CCOC3=O)ccc21. The average Bonchev–Trinajstić information content (AvgIpc) is 3.03. The van der Waals surface area contributed by atoms with Gasteiger partial charge in [-0.1, -0.05) is 0 Å². The minimum atomic E-state index is -3.68. The van der Waals surface area contributed by atoms with Gasteiger partial charge >= 0.3 is 6.09 Å². The molecule has 3 rings (SSSR count). The average molecular weight is 339 g/mol. The first-order valence-electron chi connectivity index (χ1n) is 7.19. The molecule has 0 radical (unpaired) electrons. The highest BCUT2D eigenvalue weighted by molar-refractivity contribution is 7.89. The Kier molecular flexibility index (Phi) is 3.99. The number of fused-ring (bicyclic) bond motifs is 1. The van der Waals surface area contributed by atoms with E-state index in [0.29, 0.717) is 18.7 Å². The van der Waals surface area contributed by atoms with Crippen LogP contribution >= 0.6 is 0 Å². The monoisotopic (exact) mass is 339 g/mol. The third kappa shape index (κ3) is 3.02. The van der Waals surface area contributed by atoms with E-state index in [0.717, 1.165) is 5.69 Å². The molecule has 2 amide bonds. The summed E-state index contributed by atoms with van der Waals surface area (Å²) in [6, 6.07) is 4.62. The van der Waals surface area contributed by atoms with Crippen molar-refractivity contribution in [2.24, 2.45) is 0 Å². The van der Waals surface area contributed by atoms with Crippen LogP contribution in [0.1, 0.15) is 5.56 Å². The van der Waals surface area contributed by atoms with Crippen LogP contribution in [0.25, 0.3) is 0 Å². The van der Waals surface area contributed by atoms with Crippen molar-refractivity contribution in [1.29, 1.82) is 0 Å². The summed E-state index contributed by atoms with van der Waals surface area (Å²) in [5, 5.41) is 0. The van der Waals surface area contributed by atoms with Crippen molar-refractivity contribution in [2.75, 3.05) is 38.2 Å². The number of hydrogen-bond donors (Lipinski definition) is 1. The number of amides is 2.